The summed E-state index contributed by atoms with van der Waals surface area (Å²) in [6.07, 6.45) is 41.2. The van der Waals surface area contributed by atoms with Crippen LogP contribution in [0.25, 0.3) is 0 Å². The lowest BCUT2D eigenvalue weighted by atomic mass is 10.1. The molecule has 0 saturated heterocycles. The van der Waals surface area contributed by atoms with Crippen LogP contribution in [0.2, 0.25) is 0 Å². The van der Waals surface area contributed by atoms with Gasteiger partial charge in [0.2, 0.25) is 5.91 Å². The van der Waals surface area contributed by atoms with E-state index >= 15 is 0 Å². The van der Waals surface area contributed by atoms with Gasteiger partial charge >= 0.3 is 7.82 Å². The van der Waals surface area contributed by atoms with Gasteiger partial charge in [0, 0.05) is 13.0 Å². The highest BCUT2D eigenvalue weighted by Gasteiger charge is 2.26. The van der Waals surface area contributed by atoms with E-state index in [2.05, 4.69) is 67.8 Å². The summed E-state index contributed by atoms with van der Waals surface area (Å²) in [5.74, 6) is -0.228. The summed E-state index contributed by atoms with van der Waals surface area (Å²) in [5, 5.41) is 13.5. The molecule has 0 aliphatic heterocycles. The molecule has 3 atom stereocenters. The Morgan fingerprint density at radius 1 is 0.702 bits per heavy atom. The van der Waals surface area contributed by atoms with Crippen LogP contribution in [0.4, 0.5) is 0 Å². The zero-order valence-corrected chi connectivity index (χ0v) is 30.6. The van der Waals surface area contributed by atoms with Crippen LogP contribution in [0.15, 0.2) is 60.8 Å². The van der Waals surface area contributed by atoms with Crippen LogP contribution in [0, 0.1) is 0 Å². The van der Waals surface area contributed by atoms with E-state index in [1.54, 1.807) is 6.08 Å². The average Bonchev–Trinajstić information content (AvgIpc) is 3.05. The first-order valence-corrected chi connectivity index (χ1v) is 19.9. The van der Waals surface area contributed by atoms with Crippen molar-refractivity contribution in [2.45, 2.75) is 154 Å². The lowest BCUT2D eigenvalue weighted by Gasteiger charge is -2.23. The van der Waals surface area contributed by atoms with Gasteiger partial charge in [-0.2, -0.15) is 0 Å². The van der Waals surface area contributed by atoms with E-state index in [0.29, 0.717) is 6.42 Å². The molecular formula is C38H69N2O6P. The molecule has 0 aliphatic carbocycles. The summed E-state index contributed by atoms with van der Waals surface area (Å²) in [7, 11) is -4.35. The highest BCUT2D eigenvalue weighted by atomic mass is 31.2. The smallest absolute Gasteiger partial charge is 0.387 e. The Hall–Kier alpha value is -1.80. The summed E-state index contributed by atoms with van der Waals surface area (Å²) in [4.78, 5) is 22.5. The molecule has 0 heterocycles. The molecule has 0 aromatic heterocycles. The molecule has 272 valence electrons. The van der Waals surface area contributed by atoms with Crippen molar-refractivity contribution in [3.63, 3.8) is 0 Å². The van der Waals surface area contributed by atoms with Crippen molar-refractivity contribution in [2.75, 3.05) is 19.8 Å². The largest absolute Gasteiger partial charge is 0.472 e. The highest BCUT2D eigenvalue weighted by Crippen LogP contribution is 2.43. The van der Waals surface area contributed by atoms with Crippen LogP contribution >= 0.6 is 7.82 Å². The van der Waals surface area contributed by atoms with Crippen molar-refractivity contribution >= 4 is 13.7 Å². The number of unbranched alkanes of at least 4 members (excludes halogenated alkanes) is 13. The molecule has 0 spiro atoms. The van der Waals surface area contributed by atoms with Crippen molar-refractivity contribution < 1.29 is 28.4 Å². The van der Waals surface area contributed by atoms with Crippen LogP contribution in [0.3, 0.4) is 0 Å². The number of aliphatic hydroxyl groups excluding tert-OH is 1. The van der Waals surface area contributed by atoms with Gasteiger partial charge in [0.1, 0.15) is 0 Å². The summed E-state index contributed by atoms with van der Waals surface area (Å²) < 4.78 is 22.0. The number of hydrogen-bond acceptors (Lipinski definition) is 6. The van der Waals surface area contributed by atoms with Crippen molar-refractivity contribution in [2.24, 2.45) is 5.73 Å². The molecule has 0 rings (SSSR count). The van der Waals surface area contributed by atoms with E-state index in [1.165, 1.54) is 44.9 Å². The minimum Gasteiger partial charge on any atom is -0.387 e. The second-order valence-electron chi connectivity index (χ2n) is 12.1. The van der Waals surface area contributed by atoms with E-state index in [1.807, 2.05) is 6.08 Å². The summed E-state index contributed by atoms with van der Waals surface area (Å²) in [5.41, 5.74) is 5.34. The average molecular weight is 681 g/mol. The first-order valence-electron chi connectivity index (χ1n) is 18.4. The summed E-state index contributed by atoms with van der Waals surface area (Å²) in [6.45, 7) is 3.98. The first kappa shape index (κ1) is 45.2. The van der Waals surface area contributed by atoms with Crippen LogP contribution in [-0.2, 0) is 18.4 Å². The predicted octanol–water partition coefficient (Wildman–Crippen LogP) is 9.55. The van der Waals surface area contributed by atoms with Gasteiger partial charge in [0.25, 0.3) is 0 Å². The number of allylic oxidation sites excluding steroid dienone is 9. The van der Waals surface area contributed by atoms with Gasteiger partial charge in [-0.15, -0.1) is 0 Å². The molecule has 0 bridgehead atoms. The Labute approximate surface area is 287 Å². The number of hydrogen-bond donors (Lipinski definition) is 4. The van der Waals surface area contributed by atoms with Gasteiger partial charge in [0.05, 0.1) is 25.4 Å². The quantitative estimate of drug-likeness (QED) is 0.0308. The Bertz CT molecular complexity index is 918. The lowest BCUT2D eigenvalue weighted by molar-refractivity contribution is -0.123. The number of carbonyl (C=O) groups excluding carboxylic acids is 1. The Kier molecular flexibility index (Phi) is 32.8. The molecule has 9 heteroatoms. The monoisotopic (exact) mass is 680 g/mol. The molecule has 0 aromatic rings. The SMILES string of the molecule is CCC/C=C\C/C=C\CCCCCCCC(=O)NC(COP(=O)(O)OCCN)C(O)/C=C/CC/C=C/CC/C=C/CCCCCCC. The van der Waals surface area contributed by atoms with Crippen molar-refractivity contribution in [3.8, 4) is 0 Å². The predicted molar refractivity (Wildman–Crippen MR) is 198 cm³/mol. The fraction of sp³-hybridized carbons (Fsp3) is 0.711. The van der Waals surface area contributed by atoms with E-state index < -0.39 is 20.0 Å². The molecule has 47 heavy (non-hydrogen) atoms. The topological polar surface area (TPSA) is 131 Å². The number of phosphoric ester groups is 1. The van der Waals surface area contributed by atoms with Gasteiger partial charge < -0.3 is 21.1 Å². The fourth-order valence-corrected chi connectivity index (χ4v) is 5.49. The molecule has 0 saturated carbocycles. The third-order valence-electron chi connectivity index (χ3n) is 7.52. The van der Waals surface area contributed by atoms with Gasteiger partial charge in [0.15, 0.2) is 0 Å². The van der Waals surface area contributed by atoms with Crippen molar-refractivity contribution in [3.05, 3.63) is 60.8 Å². The lowest BCUT2D eigenvalue weighted by Crippen LogP contribution is -2.45. The second kappa shape index (κ2) is 34.1. The van der Waals surface area contributed by atoms with Gasteiger partial charge in [-0.05, 0) is 70.6 Å². The third-order valence-corrected chi connectivity index (χ3v) is 8.51. The zero-order valence-electron chi connectivity index (χ0n) is 29.7. The Morgan fingerprint density at radius 2 is 1.23 bits per heavy atom. The van der Waals surface area contributed by atoms with E-state index in [-0.39, 0.29) is 25.7 Å². The standard InChI is InChI=1S/C38H69N2O6P/c1-3-5-7-9-11-13-15-17-18-20-21-23-25-27-29-31-37(41)36(35-46-47(43,44)45-34-33-39)40-38(42)32-30-28-26-24-22-19-16-14-12-10-8-6-4-2/h8,10,14-17,21,23,29,31,36-37,41H,3-7,9,11-13,18-20,22,24-28,30,32-35,39H2,1-2H3,(H,40,42)(H,43,44)/b10-8-,16-14-,17-15+,23-21+,31-29+. The van der Waals surface area contributed by atoms with Crippen molar-refractivity contribution in [1.82, 2.24) is 5.32 Å². The maximum absolute atomic E-state index is 12.7. The van der Waals surface area contributed by atoms with Crippen LogP contribution in [0.5, 0.6) is 0 Å². The van der Waals surface area contributed by atoms with Crippen LogP contribution in [0.1, 0.15) is 142 Å². The number of aliphatic hydroxyl groups is 1. The number of carbonyl (C=O) groups is 1. The number of nitrogens with one attached hydrogen (secondary N) is 1. The minimum atomic E-state index is -4.35. The maximum atomic E-state index is 12.7. The van der Waals surface area contributed by atoms with E-state index in [0.717, 1.165) is 77.0 Å². The molecule has 0 aliphatic rings. The minimum absolute atomic E-state index is 0.0667. The molecule has 1 amide bonds. The van der Waals surface area contributed by atoms with Crippen molar-refractivity contribution in [1.29, 1.82) is 0 Å². The van der Waals surface area contributed by atoms with Gasteiger partial charge in [-0.1, -0.05) is 126 Å². The Balaban J connectivity index is 4.47. The fourth-order valence-electron chi connectivity index (χ4n) is 4.73. The molecular weight excluding hydrogens is 611 g/mol. The highest BCUT2D eigenvalue weighted by molar-refractivity contribution is 7.47. The molecule has 0 aromatic carbocycles. The van der Waals surface area contributed by atoms with E-state index in [4.69, 9.17) is 14.8 Å². The molecule has 3 unspecified atom stereocenters. The summed E-state index contributed by atoms with van der Waals surface area (Å²) in [6, 6.07) is -0.890. The van der Waals surface area contributed by atoms with Gasteiger partial charge in [-0.3, -0.25) is 13.8 Å². The van der Waals surface area contributed by atoms with Crippen LogP contribution in [-0.4, -0.2) is 47.8 Å². The van der Waals surface area contributed by atoms with Crippen LogP contribution < -0.4 is 11.1 Å². The number of amides is 1. The third kappa shape index (κ3) is 32.5. The molecule has 0 radical (unpaired) electrons. The van der Waals surface area contributed by atoms with E-state index in [9.17, 15) is 19.4 Å². The molecule has 0 fully saturated rings. The number of rotatable bonds is 33. The number of nitrogens with two attached hydrogens (primary N) is 1. The number of phosphoric acid groups is 1. The second-order valence-corrected chi connectivity index (χ2v) is 13.5. The molecule has 5 N–H and O–H groups in total. The zero-order chi connectivity index (χ0) is 34.7. The summed E-state index contributed by atoms with van der Waals surface area (Å²) >= 11 is 0. The normalized spacial score (nSPS) is 15.1. The maximum Gasteiger partial charge on any atom is 0.472 e. The van der Waals surface area contributed by atoms with Gasteiger partial charge in [-0.25, -0.2) is 4.57 Å². The molecule has 8 nitrogen and oxygen atoms in total. The Morgan fingerprint density at radius 3 is 1.85 bits per heavy atom. The first-order chi connectivity index (χ1) is 22.9.